The van der Waals surface area contributed by atoms with Crippen LogP contribution in [0, 0.1) is 23.7 Å². The van der Waals surface area contributed by atoms with Gasteiger partial charge in [-0.15, -0.1) is 0 Å². The number of hydrogen-bond acceptors (Lipinski definition) is 0. The summed E-state index contributed by atoms with van der Waals surface area (Å²) in [6, 6.07) is 24.0. The van der Waals surface area contributed by atoms with Crippen LogP contribution in [0.15, 0.2) is 97.1 Å². The van der Waals surface area contributed by atoms with Gasteiger partial charge < -0.3 is 0 Å². The zero-order chi connectivity index (χ0) is 26.4. The molecule has 0 aliphatic heterocycles. The molecule has 2 aromatic carbocycles. The highest BCUT2D eigenvalue weighted by Crippen LogP contribution is 2.38. The van der Waals surface area contributed by atoms with E-state index in [-0.39, 0.29) is 47.4 Å². The Morgan fingerprint density at radius 3 is 0.455 bits per heavy atom. The van der Waals surface area contributed by atoms with E-state index in [2.05, 4.69) is 24.3 Å². The summed E-state index contributed by atoms with van der Waals surface area (Å²) in [5.41, 5.74) is 0. The minimum Gasteiger partial charge on any atom is -0.0851 e. The van der Waals surface area contributed by atoms with Gasteiger partial charge in [-0.05, 0) is 62.2 Å². The third-order valence-electron chi connectivity index (χ3n) is 8.67. The van der Waals surface area contributed by atoms with Crippen LogP contribution in [0.1, 0.15) is 163 Å². The lowest BCUT2D eigenvalue weighted by molar-refractivity contribution is 0.504. The molecule has 0 N–H and O–H groups in total. The van der Waals surface area contributed by atoms with E-state index in [0.29, 0.717) is 0 Å². The van der Waals surface area contributed by atoms with Gasteiger partial charge in [0.1, 0.15) is 0 Å². The molecule has 0 aromatic heterocycles. The lowest BCUT2D eigenvalue weighted by atomic mass is 10.0. The maximum absolute atomic E-state index is 2.38. The molecule has 0 heteroatoms. The van der Waals surface area contributed by atoms with E-state index in [1.54, 1.807) is 0 Å². The monoisotopic (exact) mass is 613 g/mol. The summed E-state index contributed by atoms with van der Waals surface area (Å²) in [4.78, 5) is 0. The molecule has 4 atom stereocenters. The molecule has 4 bridgehead atoms. The standard InChI is InChI=1S/2C7H10.2C6H12.2C6H6.6CH4.2H2/c2*1-2-7-4-3-6(1)5-7;4*1-2-4-6-5-3-1;;;;;;;;/h2*1-2,6-7H,3-5H2;2*1-6H2;2*1-6H;6*1H4;2*1H. The number of rotatable bonds is 0. The Morgan fingerprint density at radius 2 is 0.386 bits per heavy atom. The van der Waals surface area contributed by atoms with E-state index in [1.165, 1.54) is 116 Å². The molecule has 2 aromatic rings. The summed E-state index contributed by atoms with van der Waals surface area (Å²) in [5.74, 6) is 3.96. The quantitative estimate of drug-likeness (QED) is 0.260. The Labute approximate surface area is 283 Å². The van der Waals surface area contributed by atoms with E-state index >= 15 is 0 Å². The maximum Gasteiger partial charge on any atom is 0 e. The summed E-state index contributed by atoms with van der Waals surface area (Å²) < 4.78 is 0. The minimum atomic E-state index is 0. The lowest BCUT2D eigenvalue weighted by Gasteiger charge is -2.05. The highest BCUT2D eigenvalue weighted by molar-refractivity contribution is 5.07. The molecule has 4 saturated carbocycles. The minimum absolute atomic E-state index is 0. The molecular weight excluding hydrogens is 528 g/mol. The first-order valence-corrected chi connectivity index (χ1v) is 16.3. The molecule has 260 valence electrons. The number of benzene rings is 2. The summed E-state index contributed by atoms with van der Waals surface area (Å²) in [6.07, 6.45) is 36.4. The van der Waals surface area contributed by atoms with Crippen LogP contribution in [0.2, 0.25) is 0 Å². The molecule has 4 unspecified atom stereocenters. The first-order valence-electron chi connectivity index (χ1n) is 16.3. The van der Waals surface area contributed by atoms with E-state index in [9.17, 15) is 0 Å². The van der Waals surface area contributed by atoms with E-state index in [1.807, 2.05) is 72.8 Å². The van der Waals surface area contributed by atoms with Gasteiger partial charge in [-0.2, -0.15) is 0 Å². The van der Waals surface area contributed by atoms with Crippen molar-refractivity contribution in [3.05, 3.63) is 97.1 Å². The first-order chi connectivity index (χ1) is 18.9. The molecule has 44 heavy (non-hydrogen) atoms. The van der Waals surface area contributed by atoms with Gasteiger partial charge in [0.25, 0.3) is 0 Å². The van der Waals surface area contributed by atoms with Crippen molar-refractivity contribution in [3.63, 3.8) is 0 Å². The van der Waals surface area contributed by atoms with Gasteiger partial charge in [0.15, 0.2) is 0 Å². The summed E-state index contributed by atoms with van der Waals surface area (Å²) >= 11 is 0. The molecule has 0 saturated heterocycles. The van der Waals surface area contributed by atoms with Gasteiger partial charge in [0.05, 0.1) is 0 Å². The predicted octanol–water partition coefficient (Wildman–Crippen LogP) is 16.3. The number of fused-ring (bicyclic) bond motifs is 4. The first kappa shape index (κ1) is 48.8. The second kappa shape index (κ2) is 33.8. The van der Waals surface area contributed by atoms with Crippen LogP contribution in [-0.2, 0) is 0 Å². The normalized spacial score (nSPS) is 23.3. The maximum atomic E-state index is 2.38. The Hall–Kier alpha value is -2.08. The van der Waals surface area contributed by atoms with Crippen molar-refractivity contribution in [1.29, 1.82) is 0 Å². The van der Waals surface area contributed by atoms with Crippen LogP contribution in [0.5, 0.6) is 0 Å². The fourth-order valence-electron chi connectivity index (χ4n) is 6.32. The molecule has 4 fully saturated rings. The molecule has 0 spiro atoms. The van der Waals surface area contributed by atoms with Crippen molar-refractivity contribution in [2.24, 2.45) is 23.7 Å². The Bertz CT molecular complexity index is 652. The van der Waals surface area contributed by atoms with Crippen LogP contribution < -0.4 is 0 Å². The molecule has 0 heterocycles. The zero-order valence-electron chi connectivity index (χ0n) is 24.3. The van der Waals surface area contributed by atoms with E-state index in [4.69, 9.17) is 0 Å². The molecule has 0 radical (unpaired) electrons. The zero-order valence-corrected chi connectivity index (χ0v) is 24.3. The molecule has 0 nitrogen and oxygen atoms in total. The fraction of sp³-hybridized carbons (Fsp3) is 0.636. The van der Waals surface area contributed by atoms with Gasteiger partial charge in [-0.25, -0.2) is 0 Å². The van der Waals surface area contributed by atoms with Crippen molar-refractivity contribution in [2.45, 2.75) is 160 Å². The number of hydrogen-bond donors (Lipinski definition) is 0. The third-order valence-corrected chi connectivity index (χ3v) is 8.67. The van der Waals surface area contributed by atoms with Crippen LogP contribution >= 0.6 is 0 Å². The van der Waals surface area contributed by atoms with E-state index < -0.39 is 0 Å². The average molecular weight is 613 g/mol. The summed E-state index contributed by atoms with van der Waals surface area (Å²) in [6.45, 7) is 0. The Kier molecular flexibility index (Phi) is 37.5. The third kappa shape index (κ3) is 24.3. The lowest BCUT2D eigenvalue weighted by Crippen LogP contribution is -1.85. The molecule has 6 aliphatic rings. The molecule has 6 aliphatic carbocycles. The van der Waals surface area contributed by atoms with Crippen molar-refractivity contribution in [3.8, 4) is 0 Å². The average Bonchev–Trinajstić information content (AvgIpc) is 3.88. The topological polar surface area (TPSA) is 0 Å². The van der Waals surface area contributed by atoms with Crippen molar-refractivity contribution < 1.29 is 2.85 Å². The van der Waals surface area contributed by atoms with Crippen molar-refractivity contribution >= 4 is 0 Å². The largest absolute Gasteiger partial charge is 0.0851 e. The van der Waals surface area contributed by atoms with Gasteiger partial charge in [-0.3, -0.25) is 0 Å². The summed E-state index contributed by atoms with van der Waals surface area (Å²) in [5, 5.41) is 0. The second-order valence-electron chi connectivity index (χ2n) is 12.0. The highest BCUT2D eigenvalue weighted by atomic mass is 14.3. The molecule has 8 rings (SSSR count). The van der Waals surface area contributed by atoms with Crippen LogP contribution in [0.3, 0.4) is 0 Å². The van der Waals surface area contributed by atoms with Gasteiger partial charge in [0, 0.05) is 2.85 Å². The predicted molar refractivity (Wildman–Crippen MR) is 213 cm³/mol. The second-order valence-corrected chi connectivity index (χ2v) is 12.0. The Balaban J connectivity index is -0.000000101. The van der Waals surface area contributed by atoms with Crippen LogP contribution in [0.25, 0.3) is 0 Å². The fourth-order valence-corrected chi connectivity index (χ4v) is 6.32. The number of allylic oxidation sites excluding steroid dienone is 4. The Morgan fingerprint density at radius 1 is 0.250 bits per heavy atom. The highest BCUT2D eigenvalue weighted by Gasteiger charge is 2.26. The van der Waals surface area contributed by atoms with Gasteiger partial charge >= 0.3 is 0 Å². The van der Waals surface area contributed by atoms with Crippen molar-refractivity contribution in [2.75, 3.05) is 0 Å². The van der Waals surface area contributed by atoms with E-state index in [0.717, 1.165) is 23.7 Å². The van der Waals surface area contributed by atoms with Gasteiger partial charge in [0.2, 0.25) is 0 Å². The van der Waals surface area contributed by atoms with Crippen molar-refractivity contribution in [1.82, 2.24) is 0 Å². The SMILES string of the molecule is C.C.C.C.C.C.C1=CC2CCC1C2.C1=CC2CCC1C2.C1CCCCC1.C1CCCCC1.[HH].[HH].c1ccccc1.c1ccccc1. The molecular formula is C44H84. The smallest absolute Gasteiger partial charge is 0 e. The van der Waals surface area contributed by atoms with Crippen LogP contribution in [0.4, 0.5) is 0 Å². The van der Waals surface area contributed by atoms with Crippen LogP contribution in [-0.4, -0.2) is 0 Å². The molecule has 0 amide bonds. The summed E-state index contributed by atoms with van der Waals surface area (Å²) in [7, 11) is 0. The van der Waals surface area contributed by atoms with Gasteiger partial charge in [-0.1, -0.05) is 219 Å².